The molecule has 0 aliphatic carbocycles. The fourth-order valence-corrected chi connectivity index (χ4v) is 3.05. The maximum Gasteiger partial charge on any atom is 0.137 e. The average Bonchev–Trinajstić information content (AvgIpc) is 2.28. The summed E-state index contributed by atoms with van der Waals surface area (Å²) < 4.78 is 0. The van der Waals surface area contributed by atoms with Gasteiger partial charge in [-0.25, -0.2) is 9.97 Å². The number of aromatic nitrogens is 2. The molecule has 1 aliphatic rings. The molecule has 1 aromatic heterocycles. The van der Waals surface area contributed by atoms with E-state index in [2.05, 4.69) is 28.7 Å². The highest BCUT2D eigenvalue weighted by atomic mass is 32.2. The van der Waals surface area contributed by atoms with E-state index < -0.39 is 0 Å². The lowest BCUT2D eigenvalue weighted by atomic mass is 10.2. The fourth-order valence-electron chi connectivity index (χ4n) is 2.04. The molecule has 2 rings (SSSR count). The van der Waals surface area contributed by atoms with Gasteiger partial charge in [-0.1, -0.05) is 13.8 Å². The summed E-state index contributed by atoms with van der Waals surface area (Å²) in [7, 11) is 0. The third-order valence-electron chi connectivity index (χ3n) is 2.85. The molecule has 0 aromatic carbocycles. The van der Waals surface area contributed by atoms with Crippen molar-refractivity contribution in [2.24, 2.45) is 0 Å². The van der Waals surface area contributed by atoms with Gasteiger partial charge in [0.1, 0.15) is 18.0 Å². The number of nitrogen functional groups attached to an aromatic ring is 1. The Labute approximate surface area is 101 Å². The summed E-state index contributed by atoms with van der Waals surface area (Å²) in [5, 5.41) is 0.662. The van der Waals surface area contributed by atoms with Crippen LogP contribution in [0, 0.1) is 0 Å². The summed E-state index contributed by atoms with van der Waals surface area (Å²) >= 11 is 2.02. The number of rotatable bonds is 2. The van der Waals surface area contributed by atoms with Crippen LogP contribution in [0.5, 0.6) is 0 Å². The first-order valence-corrected chi connectivity index (χ1v) is 6.73. The number of nitrogens with zero attached hydrogens (tertiary/aromatic N) is 3. The van der Waals surface area contributed by atoms with Crippen LogP contribution in [0.25, 0.3) is 0 Å². The molecule has 1 atom stereocenters. The van der Waals surface area contributed by atoms with Crippen molar-refractivity contribution in [1.29, 1.82) is 0 Å². The molecule has 2 N–H and O–H groups in total. The maximum atomic E-state index is 5.89. The predicted octanol–water partition coefficient (Wildman–Crippen LogP) is 1.56. The van der Waals surface area contributed by atoms with Crippen LogP contribution >= 0.6 is 11.8 Å². The Morgan fingerprint density at radius 1 is 1.56 bits per heavy atom. The quantitative estimate of drug-likeness (QED) is 0.847. The highest BCUT2D eigenvalue weighted by Crippen LogP contribution is 2.27. The maximum absolute atomic E-state index is 5.89. The van der Waals surface area contributed by atoms with Gasteiger partial charge in [-0.3, -0.25) is 0 Å². The molecule has 1 aromatic rings. The summed E-state index contributed by atoms with van der Waals surface area (Å²) in [6, 6.07) is 0. The summed E-state index contributed by atoms with van der Waals surface area (Å²) in [5.74, 6) is 2.81. The lowest BCUT2D eigenvalue weighted by Gasteiger charge is -2.32. The second kappa shape index (κ2) is 4.91. The van der Waals surface area contributed by atoms with Gasteiger partial charge in [-0.2, -0.15) is 11.8 Å². The zero-order valence-electron chi connectivity index (χ0n) is 9.81. The monoisotopic (exact) mass is 238 g/mol. The van der Waals surface area contributed by atoms with E-state index in [1.54, 1.807) is 6.33 Å². The van der Waals surface area contributed by atoms with Crippen molar-refractivity contribution in [2.75, 3.05) is 29.5 Å². The van der Waals surface area contributed by atoms with E-state index in [0.29, 0.717) is 11.1 Å². The van der Waals surface area contributed by atoms with Crippen molar-refractivity contribution in [2.45, 2.75) is 25.5 Å². The molecule has 0 bridgehead atoms. The molecule has 16 heavy (non-hydrogen) atoms. The zero-order chi connectivity index (χ0) is 11.5. The zero-order valence-corrected chi connectivity index (χ0v) is 10.6. The van der Waals surface area contributed by atoms with E-state index >= 15 is 0 Å². The Bertz CT molecular complexity index is 369. The van der Waals surface area contributed by atoms with Gasteiger partial charge in [-0.15, -0.1) is 0 Å². The van der Waals surface area contributed by atoms with Crippen molar-refractivity contribution in [3.05, 3.63) is 11.9 Å². The molecule has 0 amide bonds. The molecule has 4 nitrogen and oxygen atoms in total. The topological polar surface area (TPSA) is 55.0 Å². The molecule has 5 heteroatoms. The van der Waals surface area contributed by atoms with Gasteiger partial charge in [-0.05, 0) is 6.42 Å². The third-order valence-corrected chi connectivity index (χ3v) is 3.99. The molecule has 88 valence electrons. The highest BCUT2D eigenvalue weighted by molar-refractivity contribution is 8.00. The minimum atomic E-state index is 0.623. The molecule has 1 unspecified atom stereocenters. The van der Waals surface area contributed by atoms with Gasteiger partial charge in [0.25, 0.3) is 0 Å². The minimum absolute atomic E-state index is 0.623. The molecule has 1 aliphatic heterocycles. The van der Waals surface area contributed by atoms with Gasteiger partial charge in [0.05, 0.1) is 0 Å². The molecular weight excluding hydrogens is 220 g/mol. The van der Waals surface area contributed by atoms with Crippen LogP contribution in [0.1, 0.15) is 19.4 Å². The summed E-state index contributed by atoms with van der Waals surface area (Å²) in [4.78, 5) is 10.8. The molecule has 0 saturated carbocycles. The number of anilines is 2. The summed E-state index contributed by atoms with van der Waals surface area (Å²) in [6.07, 6.45) is 2.45. The van der Waals surface area contributed by atoms with Gasteiger partial charge in [0.2, 0.25) is 0 Å². The fraction of sp³-hybridized carbons (Fsp3) is 0.636. The summed E-state index contributed by atoms with van der Waals surface area (Å²) in [6.45, 7) is 6.46. The number of nitrogens with two attached hydrogens (primary N) is 1. The van der Waals surface area contributed by atoms with Crippen LogP contribution < -0.4 is 10.6 Å². The number of thioether (sulfide) groups is 1. The molecular formula is C11H18N4S. The standard InChI is InChI=1S/C11H18N4S/c1-3-9-10(12)13-7-14-11(9)15-4-5-16-8(2)6-15/h7-8H,3-6H2,1-2H3,(H2,12,13,14). The van der Waals surface area contributed by atoms with E-state index in [-0.39, 0.29) is 0 Å². The molecule has 0 spiro atoms. The Morgan fingerprint density at radius 3 is 3.06 bits per heavy atom. The molecule has 0 radical (unpaired) electrons. The minimum Gasteiger partial charge on any atom is -0.383 e. The molecule has 2 heterocycles. The van der Waals surface area contributed by atoms with Gasteiger partial charge >= 0.3 is 0 Å². The number of hydrogen-bond donors (Lipinski definition) is 1. The second-order valence-corrected chi connectivity index (χ2v) is 5.59. The van der Waals surface area contributed by atoms with Crippen LogP contribution in [0.3, 0.4) is 0 Å². The van der Waals surface area contributed by atoms with E-state index in [1.807, 2.05) is 11.8 Å². The van der Waals surface area contributed by atoms with Crippen LogP contribution in [0.2, 0.25) is 0 Å². The Kier molecular flexibility index (Phi) is 3.53. The highest BCUT2D eigenvalue weighted by Gasteiger charge is 2.20. The number of hydrogen-bond acceptors (Lipinski definition) is 5. The van der Waals surface area contributed by atoms with Crippen molar-refractivity contribution in [1.82, 2.24) is 9.97 Å². The van der Waals surface area contributed by atoms with Crippen molar-refractivity contribution in [3.63, 3.8) is 0 Å². The lowest BCUT2D eigenvalue weighted by molar-refractivity contribution is 0.761. The Morgan fingerprint density at radius 2 is 2.38 bits per heavy atom. The van der Waals surface area contributed by atoms with E-state index in [1.165, 1.54) is 0 Å². The summed E-state index contributed by atoms with van der Waals surface area (Å²) in [5.41, 5.74) is 6.98. The first-order chi connectivity index (χ1) is 7.72. The molecule has 1 fully saturated rings. The van der Waals surface area contributed by atoms with Gasteiger partial charge in [0.15, 0.2) is 0 Å². The average molecular weight is 238 g/mol. The van der Waals surface area contributed by atoms with Crippen LogP contribution in [0.4, 0.5) is 11.6 Å². The SMILES string of the molecule is CCc1c(N)ncnc1N1CCSC(C)C1. The normalized spacial score (nSPS) is 21.1. The largest absolute Gasteiger partial charge is 0.383 e. The first-order valence-electron chi connectivity index (χ1n) is 5.68. The second-order valence-electron chi connectivity index (χ2n) is 4.04. The van der Waals surface area contributed by atoms with Crippen LogP contribution in [0.15, 0.2) is 6.33 Å². The van der Waals surface area contributed by atoms with Crippen molar-refractivity contribution in [3.8, 4) is 0 Å². The first kappa shape index (κ1) is 11.5. The van der Waals surface area contributed by atoms with Crippen molar-refractivity contribution < 1.29 is 0 Å². The van der Waals surface area contributed by atoms with E-state index in [9.17, 15) is 0 Å². The Hall–Kier alpha value is -0.970. The van der Waals surface area contributed by atoms with Crippen molar-refractivity contribution >= 4 is 23.4 Å². The van der Waals surface area contributed by atoms with Crippen LogP contribution in [-0.2, 0) is 6.42 Å². The van der Waals surface area contributed by atoms with Crippen LogP contribution in [-0.4, -0.2) is 34.1 Å². The Balaban J connectivity index is 2.28. The van der Waals surface area contributed by atoms with E-state index in [0.717, 1.165) is 36.6 Å². The van der Waals surface area contributed by atoms with Gasteiger partial charge < -0.3 is 10.6 Å². The predicted molar refractivity (Wildman–Crippen MR) is 70.0 cm³/mol. The smallest absolute Gasteiger partial charge is 0.137 e. The molecule has 1 saturated heterocycles. The van der Waals surface area contributed by atoms with E-state index in [4.69, 9.17) is 5.73 Å². The van der Waals surface area contributed by atoms with Gasteiger partial charge in [0, 0.05) is 29.7 Å². The lowest BCUT2D eigenvalue weighted by Crippen LogP contribution is -2.37. The third kappa shape index (κ3) is 2.24.